The molecule has 1 N–H and O–H groups in total. The Kier molecular flexibility index (Phi) is 11.7. The maximum Gasteiger partial charge on any atom is 0.305 e. The first-order chi connectivity index (χ1) is 15.1. The topological polar surface area (TPSA) is 72.5 Å². The molecule has 166 valence electrons. The van der Waals surface area contributed by atoms with Crippen molar-refractivity contribution in [1.82, 2.24) is 5.32 Å². The van der Waals surface area contributed by atoms with Crippen molar-refractivity contribution in [1.29, 1.82) is 0 Å². The van der Waals surface area contributed by atoms with Crippen molar-refractivity contribution in [2.75, 3.05) is 19.8 Å². The summed E-state index contributed by atoms with van der Waals surface area (Å²) in [5, 5.41) is 2.90. The highest BCUT2D eigenvalue weighted by molar-refractivity contribution is 8.18. The van der Waals surface area contributed by atoms with Crippen molar-refractivity contribution in [3.8, 4) is 0 Å². The van der Waals surface area contributed by atoms with Gasteiger partial charge in [-0.2, -0.15) is 0 Å². The van der Waals surface area contributed by atoms with Crippen LogP contribution in [0.15, 0.2) is 70.5 Å². The van der Waals surface area contributed by atoms with Gasteiger partial charge >= 0.3 is 5.97 Å². The van der Waals surface area contributed by atoms with Crippen LogP contribution in [0, 0.1) is 0 Å². The third-order valence-corrected chi connectivity index (χ3v) is 8.09. The summed E-state index contributed by atoms with van der Waals surface area (Å²) >= 11 is 3.38. The lowest BCUT2D eigenvalue weighted by molar-refractivity contribution is -0.140. The monoisotopic (exact) mass is 477 g/mol. The van der Waals surface area contributed by atoms with Crippen LogP contribution >= 0.6 is 32.0 Å². The molecule has 0 saturated carbocycles. The second kappa shape index (κ2) is 14.3. The molecular formula is C23H28NO4PS2. The lowest BCUT2D eigenvalue weighted by Crippen LogP contribution is -2.29. The second-order valence-electron chi connectivity index (χ2n) is 6.87. The maximum atomic E-state index is 12.5. The molecule has 0 spiro atoms. The van der Waals surface area contributed by atoms with Crippen molar-refractivity contribution in [2.24, 2.45) is 0 Å². The third kappa shape index (κ3) is 9.90. The first-order valence-electron chi connectivity index (χ1n) is 10.2. The number of carbonyl (C=O) groups is 2. The third-order valence-electron chi connectivity index (χ3n) is 4.51. The highest BCUT2D eigenvalue weighted by atomic mass is 32.2. The van der Waals surface area contributed by atoms with Crippen molar-refractivity contribution < 1.29 is 18.9 Å². The number of hydrogen-bond donors (Lipinski definition) is 1. The highest BCUT2D eigenvalue weighted by Crippen LogP contribution is 2.51. The van der Waals surface area contributed by atoms with Crippen LogP contribution in [0.4, 0.5) is 0 Å². The number of carbonyl (C=O) groups excluding carboxylic acids is 2. The predicted octanol–water partition coefficient (Wildman–Crippen LogP) is 5.80. The molecule has 1 amide bonds. The Bertz CT molecular complexity index is 779. The van der Waals surface area contributed by atoms with Gasteiger partial charge in [-0.3, -0.25) is 14.2 Å². The lowest BCUT2D eigenvalue weighted by atomic mass is 10.1. The molecule has 0 aromatic heterocycles. The average Bonchev–Trinajstić information content (AvgIpc) is 2.80. The maximum absolute atomic E-state index is 12.5. The van der Waals surface area contributed by atoms with Crippen LogP contribution < -0.4 is 5.32 Å². The predicted molar refractivity (Wildman–Crippen MR) is 128 cm³/mol. The Morgan fingerprint density at radius 2 is 1.48 bits per heavy atom. The van der Waals surface area contributed by atoms with Gasteiger partial charge in [0.15, 0.2) is 8.46 Å². The minimum Gasteiger partial charge on any atom is -0.469 e. The van der Waals surface area contributed by atoms with E-state index in [-0.39, 0.29) is 26.8 Å². The van der Waals surface area contributed by atoms with Gasteiger partial charge in [-0.15, -0.1) is 23.5 Å². The van der Waals surface area contributed by atoms with E-state index in [1.54, 1.807) is 23.5 Å². The quantitative estimate of drug-likeness (QED) is 0.122. The first-order valence-corrected chi connectivity index (χ1v) is 12.8. The average molecular weight is 478 g/mol. The Morgan fingerprint density at radius 3 is 2.00 bits per heavy atom. The molecule has 8 heteroatoms. The standard InChI is InChI=1S/C23H28NO4PS2/c1-28-22(26)14-16-23(30-19-9-4-2-5-10-19,31-20-11-6-3-7-12-20)15-13-21(25)24-17-8-18-29-27/h2-7,9-12H,8,13-18H2,1H3,(H,24,25). The molecule has 0 unspecified atom stereocenters. The molecule has 31 heavy (non-hydrogen) atoms. The van der Waals surface area contributed by atoms with E-state index >= 15 is 0 Å². The highest BCUT2D eigenvalue weighted by Gasteiger charge is 2.34. The van der Waals surface area contributed by atoms with Crippen molar-refractivity contribution in [2.45, 2.75) is 46.0 Å². The van der Waals surface area contributed by atoms with E-state index in [0.717, 1.165) is 9.79 Å². The van der Waals surface area contributed by atoms with Gasteiger partial charge in [0.2, 0.25) is 5.91 Å². The van der Waals surface area contributed by atoms with E-state index in [0.29, 0.717) is 38.4 Å². The smallest absolute Gasteiger partial charge is 0.305 e. The van der Waals surface area contributed by atoms with Gasteiger partial charge in [0.05, 0.1) is 11.2 Å². The molecule has 0 heterocycles. The number of nitrogens with one attached hydrogen (secondary N) is 1. The van der Waals surface area contributed by atoms with E-state index in [2.05, 4.69) is 5.32 Å². The number of ether oxygens (including phenoxy) is 1. The molecule has 2 aromatic carbocycles. The summed E-state index contributed by atoms with van der Waals surface area (Å²) < 4.78 is 15.0. The normalized spacial score (nSPS) is 11.3. The summed E-state index contributed by atoms with van der Waals surface area (Å²) in [7, 11) is 1.50. The lowest BCUT2D eigenvalue weighted by Gasteiger charge is -2.33. The molecule has 0 bridgehead atoms. The van der Waals surface area contributed by atoms with E-state index < -0.39 is 4.08 Å². The minimum atomic E-state index is -0.415. The van der Waals surface area contributed by atoms with Gasteiger partial charge in [-0.25, -0.2) is 0 Å². The van der Waals surface area contributed by atoms with E-state index in [1.165, 1.54) is 7.11 Å². The van der Waals surface area contributed by atoms with Crippen molar-refractivity contribution in [3.63, 3.8) is 0 Å². The Morgan fingerprint density at radius 1 is 0.935 bits per heavy atom. The molecule has 5 nitrogen and oxygen atoms in total. The molecule has 0 aliphatic rings. The Labute approximate surface area is 194 Å². The van der Waals surface area contributed by atoms with E-state index in [4.69, 9.17) is 4.74 Å². The number of rotatable bonds is 14. The fourth-order valence-corrected chi connectivity index (χ4v) is 6.21. The zero-order valence-electron chi connectivity index (χ0n) is 17.6. The zero-order chi connectivity index (χ0) is 22.4. The van der Waals surface area contributed by atoms with Crippen LogP contribution in [0.2, 0.25) is 0 Å². The summed E-state index contributed by atoms with van der Waals surface area (Å²) in [4.78, 5) is 26.6. The SMILES string of the molecule is COC(=O)CCC(CCC(=O)NCCCP=O)(Sc1ccccc1)Sc1ccccc1. The van der Waals surface area contributed by atoms with Crippen LogP contribution in [0.1, 0.15) is 32.1 Å². The summed E-state index contributed by atoms with van der Waals surface area (Å²) in [5.74, 6) is -0.291. The van der Waals surface area contributed by atoms with E-state index in [9.17, 15) is 14.2 Å². The summed E-state index contributed by atoms with van der Waals surface area (Å²) in [6.45, 7) is 0.515. The van der Waals surface area contributed by atoms with Crippen LogP contribution in [0.3, 0.4) is 0 Å². The Hall–Kier alpha value is -1.82. The molecule has 0 saturated heterocycles. The molecule has 0 aliphatic heterocycles. The van der Waals surface area contributed by atoms with Gasteiger partial charge in [0, 0.05) is 35.3 Å². The van der Waals surface area contributed by atoms with Crippen molar-refractivity contribution >= 4 is 43.9 Å². The number of methoxy groups -OCH3 is 1. The fourth-order valence-electron chi connectivity index (χ4n) is 2.91. The number of benzene rings is 2. The molecule has 0 atom stereocenters. The van der Waals surface area contributed by atoms with Crippen LogP contribution in [-0.2, 0) is 18.9 Å². The number of esters is 1. The number of thioether (sulfide) groups is 2. The van der Waals surface area contributed by atoms with Gasteiger partial charge in [0.1, 0.15) is 0 Å². The molecule has 0 radical (unpaired) electrons. The molecule has 2 aromatic rings. The number of amides is 1. The van der Waals surface area contributed by atoms with Crippen molar-refractivity contribution in [3.05, 3.63) is 60.7 Å². The second-order valence-corrected chi connectivity index (χ2v) is 10.8. The Balaban J connectivity index is 2.20. The van der Waals surface area contributed by atoms with E-state index in [1.807, 2.05) is 60.7 Å². The largest absolute Gasteiger partial charge is 0.469 e. The number of hydrogen-bond acceptors (Lipinski definition) is 6. The minimum absolute atomic E-state index is 0.0349. The van der Waals surface area contributed by atoms with Crippen LogP contribution in [0.25, 0.3) is 0 Å². The molecule has 0 aliphatic carbocycles. The summed E-state index contributed by atoms with van der Waals surface area (Å²) in [6.07, 6.45) is 3.01. The molecule has 2 rings (SSSR count). The van der Waals surface area contributed by atoms with Crippen LogP contribution in [0.5, 0.6) is 0 Å². The van der Waals surface area contributed by atoms with Gasteiger partial charge in [-0.1, -0.05) is 36.4 Å². The fraction of sp³-hybridized carbons (Fsp3) is 0.391. The summed E-state index contributed by atoms with van der Waals surface area (Å²) in [5.41, 5.74) is 0. The zero-order valence-corrected chi connectivity index (χ0v) is 20.1. The van der Waals surface area contributed by atoms with Gasteiger partial charge < -0.3 is 10.1 Å². The van der Waals surface area contributed by atoms with Crippen LogP contribution in [-0.4, -0.2) is 35.8 Å². The molecular weight excluding hydrogens is 449 g/mol. The van der Waals surface area contributed by atoms with Gasteiger partial charge in [-0.05, 0) is 43.5 Å². The molecule has 0 fully saturated rings. The summed E-state index contributed by atoms with van der Waals surface area (Å²) in [6, 6.07) is 20.1. The first kappa shape index (κ1) is 25.4. The van der Waals surface area contributed by atoms with Gasteiger partial charge in [0.25, 0.3) is 0 Å².